The maximum absolute atomic E-state index is 12.0. The molecule has 0 aliphatic heterocycles. The fraction of sp³-hybridized carbons (Fsp3) is 0.357. The Morgan fingerprint density at radius 3 is 2.67 bits per heavy atom. The molecule has 2 heterocycles. The molecule has 7 heteroatoms. The van der Waals surface area contributed by atoms with Crippen molar-refractivity contribution in [2.45, 2.75) is 13.5 Å². The number of hydrogen-bond donors (Lipinski definition) is 1. The van der Waals surface area contributed by atoms with E-state index < -0.39 is 0 Å². The summed E-state index contributed by atoms with van der Waals surface area (Å²) in [7, 11) is 3.08. The van der Waals surface area contributed by atoms with Crippen molar-refractivity contribution in [3.05, 3.63) is 50.9 Å². The lowest BCUT2D eigenvalue weighted by molar-refractivity contribution is 0.327. The number of ether oxygens (including phenoxy) is 1. The van der Waals surface area contributed by atoms with Gasteiger partial charge in [0.25, 0.3) is 5.56 Å². The zero-order chi connectivity index (χ0) is 15.4. The van der Waals surface area contributed by atoms with Crippen molar-refractivity contribution < 1.29 is 4.74 Å². The van der Waals surface area contributed by atoms with Gasteiger partial charge in [0.2, 0.25) is 5.88 Å². The lowest BCUT2D eigenvalue weighted by Crippen LogP contribution is -2.38. The van der Waals surface area contributed by atoms with Crippen LogP contribution in [0.25, 0.3) is 0 Å². The van der Waals surface area contributed by atoms with Gasteiger partial charge < -0.3 is 14.6 Å². The van der Waals surface area contributed by atoms with Gasteiger partial charge >= 0.3 is 5.69 Å². The van der Waals surface area contributed by atoms with E-state index in [1.54, 1.807) is 25.5 Å². The Balaban J connectivity index is 2.13. The smallest absolute Gasteiger partial charge is 0.330 e. The number of nitrogens with zero attached hydrogens (tertiary/aromatic N) is 3. The Morgan fingerprint density at radius 1 is 1.29 bits per heavy atom. The molecule has 0 aliphatic carbocycles. The molecule has 0 atom stereocenters. The van der Waals surface area contributed by atoms with Crippen LogP contribution >= 0.6 is 0 Å². The summed E-state index contributed by atoms with van der Waals surface area (Å²) in [6, 6.07) is 3.58. The van der Waals surface area contributed by atoms with Gasteiger partial charge in [-0.1, -0.05) is 0 Å². The first-order chi connectivity index (χ1) is 10.0. The van der Waals surface area contributed by atoms with Gasteiger partial charge in [0.1, 0.15) is 0 Å². The SMILES string of the molecule is CCOc1ccc(NCc2cn(C)c(=O)n(C)c2=O)cn1. The van der Waals surface area contributed by atoms with E-state index >= 15 is 0 Å². The molecule has 0 fully saturated rings. The van der Waals surface area contributed by atoms with Crippen molar-refractivity contribution in [1.82, 2.24) is 14.1 Å². The second-order valence-electron chi connectivity index (χ2n) is 4.58. The maximum Gasteiger partial charge on any atom is 0.330 e. The third-order valence-corrected chi connectivity index (χ3v) is 3.03. The van der Waals surface area contributed by atoms with Crippen LogP contribution in [0.1, 0.15) is 12.5 Å². The Labute approximate surface area is 121 Å². The average Bonchev–Trinajstić information content (AvgIpc) is 2.49. The third-order valence-electron chi connectivity index (χ3n) is 3.03. The summed E-state index contributed by atoms with van der Waals surface area (Å²) < 4.78 is 7.73. The van der Waals surface area contributed by atoms with Crippen LogP contribution in [0.15, 0.2) is 34.1 Å². The summed E-state index contributed by atoms with van der Waals surface area (Å²) in [5, 5.41) is 3.10. The molecule has 2 aromatic rings. The number of rotatable bonds is 5. The molecule has 1 N–H and O–H groups in total. The molecule has 0 saturated heterocycles. The first-order valence-electron chi connectivity index (χ1n) is 6.61. The van der Waals surface area contributed by atoms with Crippen LogP contribution in [0, 0.1) is 0 Å². The van der Waals surface area contributed by atoms with Gasteiger partial charge in [-0.05, 0) is 13.0 Å². The summed E-state index contributed by atoms with van der Waals surface area (Å²) in [5.74, 6) is 0.557. The van der Waals surface area contributed by atoms with Gasteiger partial charge in [-0.15, -0.1) is 0 Å². The van der Waals surface area contributed by atoms with Crippen LogP contribution in [-0.4, -0.2) is 20.7 Å². The molecule has 0 spiro atoms. The molecule has 0 bridgehead atoms. The summed E-state index contributed by atoms with van der Waals surface area (Å²) in [4.78, 5) is 27.7. The van der Waals surface area contributed by atoms with Crippen molar-refractivity contribution in [3.63, 3.8) is 0 Å². The van der Waals surface area contributed by atoms with Crippen LogP contribution in [0.3, 0.4) is 0 Å². The fourth-order valence-electron chi connectivity index (χ4n) is 1.92. The molecule has 7 nitrogen and oxygen atoms in total. The Bertz CT molecular complexity index is 731. The number of pyridine rings is 1. The first kappa shape index (κ1) is 14.8. The first-order valence-corrected chi connectivity index (χ1v) is 6.61. The van der Waals surface area contributed by atoms with Gasteiger partial charge in [-0.2, -0.15) is 0 Å². The Hall–Kier alpha value is -2.57. The molecule has 0 radical (unpaired) electrons. The molecule has 21 heavy (non-hydrogen) atoms. The molecule has 112 valence electrons. The van der Waals surface area contributed by atoms with Crippen LogP contribution in [0.5, 0.6) is 5.88 Å². The van der Waals surface area contributed by atoms with Gasteiger partial charge in [0.15, 0.2) is 0 Å². The predicted molar refractivity (Wildman–Crippen MR) is 79.7 cm³/mol. The lowest BCUT2D eigenvalue weighted by Gasteiger charge is -2.09. The minimum absolute atomic E-state index is 0.301. The van der Waals surface area contributed by atoms with Crippen molar-refractivity contribution in [3.8, 4) is 5.88 Å². The van der Waals surface area contributed by atoms with E-state index in [0.29, 0.717) is 24.6 Å². The normalized spacial score (nSPS) is 10.4. The summed E-state index contributed by atoms with van der Waals surface area (Å²) in [6.45, 7) is 2.77. The van der Waals surface area contributed by atoms with Gasteiger partial charge in [0, 0.05) is 32.9 Å². The van der Waals surface area contributed by atoms with E-state index in [4.69, 9.17) is 4.74 Å². The molecule has 0 saturated carbocycles. The number of aryl methyl sites for hydroxylation is 1. The zero-order valence-corrected chi connectivity index (χ0v) is 12.3. The highest BCUT2D eigenvalue weighted by Crippen LogP contribution is 2.11. The van der Waals surface area contributed by atoms with Crippen LogP contribution in [0.2, 0.25) is 0 Å². The van der Waals surface area contributed by atoms with Crippen molar-refractivity contribution in [2.75, 3.05) is 11.9 Å². The van der Waals surface area contributed by atoms with Crippen LogP contribution < -0.4 is 21.3 Å². The molecule has 0 unspecified atom stereocenters. The van der Waals surface area contributed by atoms with Crippen LogP contribution in [0.4, 0.5) is 5.69 Å². The lowest BCUT2D eigenvalue weighted by atomic mass is 10.3. The standard InChI is InChI=1S/C14H18N4O3/c1-4-21-12-6-5-11(8-16-12)15-7-10-9-17(2)14(20)18(3)13(10)19/h5-6,8-9,15H,4,7H2,1-3H3. The molecule has 2 rings (SSSR count). The highest BCUT2D eigenvalue weighted by Gasteiger charge is 2.06. The van der Waals surface area contributed by atoms with Gasteiger partial charge in [0.05, 0.1) is 24.1 Å². The minimum Gasteiger partial charge on any atom is -0.478 e. The van der Waals surface area contributed by atoms with E-state index in [-0.39, 0.29) is 11.2 Å². The third kappa shape index (κ3) is 3.31. The zero-order valence-electron chi connectivity index (χ0n) is 12.3. The molecular weight excluding hydrogens is 272 g/mol. The molecular formula is C14H18N4O3. The van der Waals surface area contributed by atoms with E-state index in [0.717, 1.165) is 10.3 Å². The van der Waals surface area contributed by atoms with Crippen LogP contribution in [-0.2, 0) is 20.6 Å². The second kappa shape index (κ2) is 6.25. The number of hydrogen-bond acceptors (Lipinski definition) is 5. The van der Waals surface area contributed by atoms with Crippen molar-refractivity contribution in [1.29, 1.82) is 0 Å². The summed E-state index contributed by atoms with van der Waals surface area (Å²) in [5.41, 5.74) is 0.638. The topological polar surface area (TPSA) is 78.1 Å². The number of nitrogens with one attached hydrogen (secondary N) is 1. The monoisotopic (exact) mass is 290 g/mol. The van der Waals surface area contributed by atoms with Gasteiger partial charge in [-0.3, -0.25) is 9.36 Å². The highest BCUT2D eigenvalue weighted by atomic mass is 16.5. The molecule has 0 amide bonds. The second-order valence-corrected chi connectivity index (χ2v) is 4.58. The van der Waals surface area contributed by atoms with E-state index in [1.807, 2.05) is 13.0 Å². The molecule has 0 aromatic carbocycles. The Morgan fingerprint density at radius 2 is 2.05 bits per heavy atom. The predicted octanol–water partition coefficient (Wildman–Crippen LogP) is 0.490. The fourth-order valence-corrected chi connectivity index (χ4v) is 1.92. The van der Waals surface area contributed by atoms with E-state index in [9.17, 15) is 9.59 Å². The highest BCUT2D eigenvalue weighted by molar-refractivity contribution is 5.42. The number of anilines is 1. The average molecular weight is 290 g/mol. The maximum atomic E-state index is 12.0. The summed E-state index contributed by atoms with van der Waals surface area (Å²) in [6.07, 6.45) is 3.18. The quantitative estimate of drug-likeness (QED) is 0.867. The van der Waals surface area contributed by atoms with Gasteiger partial charge in [-0.25, -0.2) is 9.78 Å². The van der Waals surface area contributed by atoms with E-state index in [1.165, 1.54) is 11.6 Å². The Kier molecular flexibility index (Phi) is 4.42. The van der Waals surface area contributed by atoms with E-state index in [2.05, 4.69) is 10.3 Å². The van der Waals surface area contributed by atoms with Crippen molar-refractivity contribution in [2.24, 2.45) is 14.1 Å². The number of aromatic nitrogens is 3. The summed E-state index contributed by atoms with van der Waals surface area (Å²) >= 11 is 0. The minimum atomic E-state index is -0.341. The molecule has 2 aromatic heterocycles. The van der Waals surface area contributed by atoms with Crippen molar-refractivity contribution >= 4 is 5.69 Å². The molecule has 0 aliphatic rings. The largest absolute Gasteiger partial charge is 0.478 e.